The first-order chi connectivity index (χ1) is 10.1. The standard InChI is InChI=1S/C9H20N2O3S.C5H10O2/c1-10-9-3-5-11(6-4-9)7-8-14-15(2,12)13;1-5(2,3)7-4-6/h9-10H,3-8H2,1-2H3;4H,1-3H3. The number of piperidine rings is 1. The van der Waals surface area contributed by atoms with Crippen LogP contribution in [-0.2, 0) is 23.8 Å². The number of rotatable bonds is 6. The van der Waals surface area contributed by atoms with E-state index in [1.54, 1.807) is 0 Å². The number of hydrogen-bond donors (Lipinski definition) is 1. The van der Waals surface area contributed by atoms with Crippen molar-refractivity contribution in [2.45, 2.75) is 45.3 Å². The molecule has 0 aromatic carbocycles. The Morgan fingerprint density at radius 1 is 1.27 bits per heavy atom. The van der Waals surface area contributed by atoms with Crippen LogP contribution in [0.5, 0.6) is 0 Å². The van der Waals surface area contributed by atoms with Gasteiger partial charge in [-0.15, -0.1) is 0 Å². The highest BCUT2D eigenvalue weighted by atomic mass is 32.2. The predicted octanol–water partition coefficient (Wildman–Crippen LogP) is 0.604. The van der Waals surface area contributed by atoms with E-state index >= 15 is 0 Å². The van der Waals surface area contributed by atoms with Crippen molar-refractivity contribution in [2.24, 2.45) is 0 Å². The monoisotopic (exact) mass is 338 g/mol. The summed E-state index contributed by atoms with van der Waals surface area (Å²) in [4.78, 5) is 11.8. The van der Waals surface area contributed by atoms with Crippen LogP contribution in [0.2, 0.25) is 0 Å². The van der Waals surface area contributed by atoms with Gasteiger partial charge in [-0.2, -0.15) is 8.42 Å². The molecular weight excluding hydrogens is 308 g/mol. The summed E-state index contributed by atoms with van der Waals surface area (Å²) < 4.78 is 30.7. The van der Waals surface area contributed by atoms with Crippen LogP contribution in [0, 0.1) is 0 Å². The molecule has 0 aliphatic carbocycles. The highest BCUT2D eigenvalue weighted by molar-refractivity contribution is 7.85. The van der Waals surface area contributed by atoms with Crippen LogP contribution >= 0.6 is 0 Å². The second-order valence-corrected chi connectivity index (χ2v) is 7.90. The van der Waals surface area contributed by atoms with Crippen molar-refractivity contribution in [1.29, 1.82) is 0 Å². The maximum absolute atomic E-state index is 10.7. The highest BCUT2D eigenvalue weighted by Crippen LogP contribution is 2.09. The molecule has 1 heterocycles. The number of ether oxygens (including phenoxy) is 1. The molecule has 1 fully saturated rings. The zero-order chi connectivity index (χ0) is 17.2. The summed E-state index contributed by atoms with van der Waals surface area (Å²) >= 11 is 0. The van der Waals surface area contributed by atoms with Crippen LogP contribution in [0.1, 0.15) is 33.6 Å². The molecule has 0 aromatic heterocycles. The Labute approximate surface area is 134 Å². The van der Waals surface area contributed by atoms with Gasteiger partial charge in [0.2, 0.25) is 0 Å². The van der Waals surface area contributed by atoms with Crippen molar-refractivity contribution in [2.75, 3.05) is 39.5 Å². The summed E-state index contributed by atoms with van der Waals surface area (Å²) in [6, 6.07) is 0.608. The lowest BCUT2D eigenvalue weighted by Gasteiger charge is -2.31. The predicted molar refractivity (Wildman–Crippen MR) is 86.2 cm³/mol. The molecule has 0 radical (unpaired) electrons. The van der Waals surface area contributed by atoms with E-state index in [4.69, 9.17) is 4.18 Å². The average molecular weight is 338 g/mol. The van der Waals surface area contributed by atoms with Gasteiger partial charge in [-0.1, -0.05) is 0 Å². The molecule has 0 bridgehead atoms. The molecule has 8 heteroatoms. The van der Waals surface area contributed by atoms with Gasteiger partial charge in [0.15, 0.2) is 0 Å². The zero-order valence-corrected chi connectivity index (χ0v) is 15.1. The van der Waals surface area contributed by atoms with Gasteiger partial charge < -0.3 is 15.0 Å². The lowest BCUT2D eigenvalue weighted by atomic mass is 10.1. The summed E-state index contributed by atoms with van der Waals surface area (Å²) in [5, 5.41) is 3.25. The van der Waals surface area contributed by atoms with Gasteiger partial charge in [0, 0.05) is 12.6 Å². The molecule has 1 aliphatic heterocycles. The molecule has 1 rings (SSSR count). The quantitative estimate of drug-likeness (QED) is 0.561. The third kappa shape index (κ3) is 13.0. The summed E-state index contributed by atoms with van der Waals surface area (Å²) in [6.45, 7) is 8.91. The first kappa shape index (κ1) is 21.3. The number of likely N-dealkylation sites (tertiary alicyclic amines) is 1. The van der Waals surface area contributed by atoms with Gasteiger partial charge >= 0.3 is 0 Å². The van der Waals surface area contributed by atoms with Crippen LogP contribution in [-0.4, -0.2) is 71.0 Å². The second-order valence-electron chi connectivity index (χ2n) is 6.26. The highest BCUT2D eigenvalue weighted by Gasteiger charge is 2.17. The number of nitrogens with zero attached hydrogens (tertiary/aromatic N) is 1. The van der Waals surface area contributed by atoms with Crippen molar-refractivity contribution in [3.63, 3.8) is 0 Å². The molecule has 0 unspecified atom stereocenters. The molecule has 0 spiro atoms. The van der Waals surface area contributed by atoms with E-state index < -0.39 is 10.1 Å². The van der Waals surface area contributed by atoms with Crippen molar-refractivity contribution in [3.05, 3.63) is 0 Å². The largest absolute Gasteiger partial charge is 0.462 e. The van der Waals surface area contributed by atoms with Crippen molar-refractivity contribution in [1.82, 2.24) is 10.2 Å². The SMILES string of the molecule is CC(C)(C)OC=O.CNC1CCN(CCOS(C)(=O)=O)CC1. The summed E-state index contributed by atoms with van der Waals surface area (Å²) in [6.07, 6.45) is 3.32. The molecule has 132 valence electrons. The van der Waals surface area contributed by atoms with Crippen LogP contribution in [0.25, 0.3) is 0 Å². The van der Waals surface area contributed by atoms with Crippen molar-refractivity contribution < 1.29 is 22.1 Å². The number of carbonyl (C=O) groups is 1. The first-order valence-electron chi connectivity index (χ1n) is 7.43. The molecule has 0 saturated carbocycles. The molecule has 22 heavy (non-hydrogen) atoms. The first-order valence-corrected chi connectivity index (χ1v) is 9.24. The third-order valence-electron chi connectivity index (χ3n) is 3.10. The van der Waals surface area contributed by atoms with Gasteiger partial charge in [-0.25, -0.2) is 0 Å². The Balaban J connectivity index is 0.000000534. The molecule has 0 aromatic rings. The molecule has 1 saturated heterocycles. The normalized spacial score (nSPS) is 17.5. The van der Waals surface area contributed by atoms with Crippen molar-refractivity contribution >= 4 is 16.6 Å². The van der Waals surface area contributed by atoms with E-state index in [-0.39, 0.29) is 12.2 Å². The molecule has 0 amide bonds. The Kier molecular flexibility index (Phi) is 9.82. The summed E-state index contributed by atoms with van der Waals surface area (Å²) in [7, 11) is -1.30. The van der Waals surface area contributed by atoms with E-state index in [9.17, 15) is 13.2 Å². The maximum Gasteiger partial charge on any atom is 0.293 e. The maximum atomic E-state index is 10.7. The Bertz CT molecular complexity index is 398. The zero-order valence-electron chi connectivity index (χ0n) is 14.3. The fourth-order valence-electron chi connectivity index (χ4n) is 1.91. The minimum absolute atomic E-state index is 0.267. The average Bonchev–Trinajstić information content (AvgIpc) is 2.37. The van der Waals surface area contributed by atoms with E-state index in [0.717, 1.165) is 32.2 Å². The smallest absolute Gasteiger partial charge is 0.293 e. The Morgan fingerprint density at radius 3 is 2.14 bits per heavy atom. The molecule has 1 N–H and O–H groups in total. The van der Waals surface area contributed by atoms with E-state index in [0.29, 0.717) is 19.1 Å². The Morgan fingerprint density at radius 2 is 1.82 bits per heavy atom. The van der Waals surface area contributed by atoms with Gasteiger partial charge in [-0.3, -0.25) is 8.98 Å². The fourth-order valence-corrected chi connectivity index (χ4v) is 2.28. The van der Waals surface area contributed by atoms with Crippen LogP contribution in [0.3, 0.4) is 0 Å². The molecule has 7 nitrogen and oxygen atoms in total. The fraction of sp³-hybridized carbons (Fsp3) is 0.929. The molecule has 0 atom stereocenters. The molecule has 1 aliphatic rings. The van der Waals surface area contributed by atoms with Gasteiger partial charge in [0.1, 0.15) is 5.60 Å². The van der Waals surface area contributed by atoms with Gasteiger partial charge in [-0.05, 0) is 53.8 Å². The summed E-state index contributed by atoms with van der Waals surface area (Å²) in [5.74, 6) is 0. The van der Waals surface area contributed by atoms with Gasteiger partial charge in [0.25, 0.3) is 16.6 Å². The topological polar surface area (TPSA) is 84.9 Å². The second kappa shape index (κ2) is 10.1. The van der Waals surface area contributed by atoms with Crippen LogP contribution < -0.4 is 5.32 Å². The minimum atomic E-state index is -3.28. The number of hydrogen-bond acceptors (Lipinski definition) is 7. The van der Waals surface area contributed by atoms with Crippen LogP contribution in [0.15, 0.2) is 0 Å². The van der Waals surface area contributed by atoms with Crippen LogP contribution in [0.4, 0.5) is 0 Å². The summed E-state index contributed by atoms with van der Waals surface area (Å²) in [5.41, 5.74) is -0.318. The lowest BCUT2D eigenvalue weighted by molar-refractivity contribution is -0.138. The Hall–Kier alpha value is -0.700. The minimum Gasteiger partial charge on any atom is -0.462 e. The number of carbonyl (C=O) groups excluding carboxylic acids is 1. The van der Waals surface area contributed by atoms with E-state index in [1.165, 1.54) is 0 Å². The number of nitrogens with one attached hydrogen (secondary N) is 1. The van der Waals surface area contributed by atoms with Crippen molar-refractivity contribution in [3.8, 4) is 0 Å². The third-order valence-corrected chi connectivity index (χ3v) is 3.70. The van der Waals surface area contributed by atoms with E-state index in [2.05, 4.69) is 15.0 Å². The van der Waals surface area contributed by atoms with E-state index in [1.807, 2.05) is 27.8 Å². The molecular formula is C14H30N2O5S. The lowest BCUT2D eigenvalue weighted by Crippen LogP contribution is -2.42. The van der Waals surface area contributed by atoms with Gasteiger partial charge in [0.05, 0.1) is 12.9 Å².